The van der Waals surface area contributed by atoms with Crippen molar-refractivity contribution in [3.63, 3.8) is 0 Å². The number of rotatable bonds is 2. The Bertz CT molecular complexity index is 109. The van der Waals surface area contributed by atoms with Crippen molar-refractivity contribution in [2.75, 3.05) is 13.1 Å². The van der Waals surface area contributed by atoms with Gasteiger partial charge in [0.2, 0.25) is 0 Å². The average Bonchev–Trinajstić information content (AvgIpc) is 1.89. The van der Waals surface area contributed by atoms with Gasteiger partial charge in [-0.25, -0.2) is 0 Å². The summed E-state index contributed by atoms with van der Waals surface area (Å²) in [6, 6.07) is 0. The largest absolute Gasteiger partial charge is 0.480 e. The first-order chi connectivity index (χ1) is 4.54. The number of carboxylic acid groups (broad SMARTS) is 2. The van der Waals surface area contributed by atoms with Crippen LogP contribution in [0.15, 0.2) is 0 Å². The van der Waals surface area contributed by atoms with Crippen molar-refractivity contribution in [3.05, 3.63) is 0 Å². The zero-order chi connectivity index (χ0) is 8.57. The van der Waals surface area contributed by atoms with Crippen molar-refractivity contribution in [3.8, 4) is 0 Å². The van der Waals surface area contributed by atoms with Gasteiger partial charge >= 0.3 is 11.9 Å². The van der Waals surface area contributed by atoms with Gasteiger partial charge in [0.05, 0.1) is 13.1 Å². The zero-order valence-electron chi connectivity index (χ0n) is 6.38. The second-order valence-electron chi connectivity index (χ2n) is 1.20. The van der Waals surface area contributed by atoms with Gasteiger partial charge < -0.3 is 27.2 Å². The topological polar surface area (TPSA) is 158 Å². The van der Waals surface area contributed by atoms with Gasteiger partial charge in [-0.3, -0.25) is 9.59 Å². The minimum atomic E-state index is -0.968. The van der Waals surface area contributed by atoms with Crippen molar-refractivity contribution in [1.82, 2.24) is 0 Å². The van der Waals surface area contributed by atoms with Gasteiger partial charge in [-0.2, -0.15) is 0 Å². The molecule has 0 fully saturated rings. The Morgan fingerprint density at radius 3 is 1.00 bits per heavy atom. The van der Waals surface area contributed by atoms with Crippen molar-refractivity contribution in [2.24, 2.45) is 11.5 Å². The van der Waals surface area contributed by atoms with Gasteiger partial charge in [0.25, 0.3) is 0 Å². The molecule has 0 spiro atoms. The van der Waals surface area contributed by atoms with Crippen LogP contribution >= 0.6 is 0 Å². The second kappa shape index (κ2) is 22.8. The molecule has 0 rings (SSSR count). The fourth-order valence-corrected chi connectivity index (χ4v) is 0. The van der Waals surface area contributed by atoms with E-state index >= 15 is 0 Å². The Morgan fingerprint density at radius 2 is 1.00 bits per heavy atom. The van der Waals surface area contributed by atoms with E-state index in [2.05, 4.69) is 11.5 Å². The van der Waals surface area contributed by atoms with E-state index in [0.717, 1.165) is 0 Å². The molecule has 0 aromatic rings. The van der Waals surface area contributed by atoms with E-state index in [1.807, 2.05) is 0 Å². The first-order valence-corrected chi connectivity index (χ1v) is 2.38. The number of carbonyl (C=O) groups is 2. The summed E-state index contributed by atoms with van der Waals surface area (Å²) in [6.07, 6.45) is 0. The maximum atomic E-state index is 9.24. The van der Waals surface area contributed by atoms with E-state index in [9.17, 15) is 9.59 Å². The molecule has 0 amide bonds. The van der Waals surface area contributed by atoms with Crippen LogP contribution in [0.5, 0.6) is 0 Å². The van der Waals surface area contributed by atoms with Gasteiger partial charge in [-0.05, 0) is 0 Å². The molecule has 2 radical (unpaired) electrons. The molecule has 0 saturated carbocycles. The van der Waals surface area contributed by atoms with Gasteiger partial charge in [0.15, 0.2) is 0 Å². The summed E-state index contributed by atoms with van der Waals surface area (Å²) in [5.41, 5.74) is 9.14. The van der Waals surface area contributed by atoms with Crippen LogP contribution < -0.4 is 11.5 Å². The first kappa shape index (κ1) is 29.2. The van der Waals surface area contributed by atoms with Crippen LogP contribution in [0.25, 0.3) is 0 Å². The molecule has 0 aliphatic rings. The van der Waals surface area contributed by atoms with Crippen LogP contribution in [0.2, 0.25) is 0 Å². The molecule has 0 aromatic carbocycles. The summed E-state index contributed by atoms with van der Waals surface area (Å²) in [6.45, 7) is -0.556. The summed E-state index contributed by atoms with van der Waals surface area (Å²) in [4.78, 5) is 18.5. The smallest absolute Gasteiger partial charge is 0.317 e. The van der Waals surface area contributed by atoms with Crippen LogP contribution in [-0.4, -0.2) is 40.7 Å². The van der Waals surface area contributed by atoms with E-state index in [4.69, 9.17) is 10.2 Å². The summed E-state index contributed by atoms with van der Waals surface area (Å²) in [7, 11) is 0. The maximum absolute atomic E-state index is 9.24. The van der Waals surface area contributed by atoms with Crippen LogP contribution in [0.1, 0.15) is 0 Å². The van der Waals surface area contributed by atoms with Crippen molar-refractivity contribution in [2.45, 2.75) is 0 Å². The molecule has 0 aliphatic carbocycles. The van der Waals surface area contributed by atoms with E-state index in [1.54, 1.807) is 0 Å². The molecule has 0 unspecified atom stereocenters. The van der Waals surface area contributed by atoms with Gasteiger partial charge in [-0.15, -0.1) is 0 Å². The normalized spacial score (nSPS) is 5.69. The second-order valence-corrected chi connectivity index (χ2v) is 1.20. The number of nitrogens with two attached hydrogens (primary N) is 2. The Morgan fingerprint density at radius 1 is 0.923 bits per heavy atom. The minimum absolute atomic E-state index is 0. The number of carboxylic acids is 2. The predicted molar refractivity (Wildman–Crippen MR) is 37.0 cm³/mol. The monoisotopic (exact) mass is 382 g/mol. The molecule has 0 aromatic heterocycles. The van der Waals surface area contributed by atoms with E-state index in [-0.39, 0.29) is 63.3 Å². The van der Waals surface area contributed by atoms with Crippen molar-refractivity contribution >= 4 is 11.9 Å². The maximum Gasteiger partial charge on any atom is 0.317 e. The van der Waals surface area contributed by atoms with Crippen LogP contribution in [0.4, 0.5) is 0 Å². The summed E-state index contributed by atoms with van der Waals surface area (Å²) in [5.74, 6) is -1.94. The molecule has 0 saturated heterocycles. The van der Waals surface area contributed by atoms with E-state index < -0.39 is 11.9 Å². The van der Waals surface area contributed by atoms with Crippen LogP contribution in [-0.2, 0) is 54.3 Å². The summed E-state index contributed by atoms with van der Waals surface area (Å²) >= 11 is 0. The molecule has 0 bridgehead atoms. The summed E-state index contributed by atoms with van der Waals surface area (Å²) in [5, 5.41) is 15.2. The first-order valence-electron chi connectivity index (χ1n) is 2.38. The van der Waals surface area contributed by atoms with E-state index in [0.29, 0.717) is 0 Å². The average molecular weight is 384 g/mol. The molecule has 8 N–H and O–H groups in total. The SMILES string of the molecule is NCC(=O)O.NCC(=O)O.O.[Ag].[Ag]. The van der Waals surface area contributed by atoms with Crippen LogP contribution in [0.3, 0.4) is 0 Å². The molecule has 0 aliphatic heterocycles. The van der Waals surface area contributed by atoms with Crippen LogP contribution in [0, 0.1) is 0 Å². The quantitative estimate of drug-likeness (QED) is 0.378. The standard InChI is InChI=1S/2C2H5NO2.2Ag.H2O/c2*3-1-2(4)5;;;/h2*1,3H2,(H,4,5);;;1H2. The zero-order valence-corrected chi connectivity index (χ0v) is 9.35. The predicted octanol–water partition coefficient (Wildman–Crippen LogP) is -2.77. The molecule has 7 nitrogen and oxygen atoms in total. The third-order valence-corrected chi connectivity index (χ3v) is 0.349. The number of aliphatic carboxylic acids is 2. The fourth-order valence-electron chi connectivity index (χ4n) is 0. The Hall–Kier alpha value is 0.301. The third-order valence-electron chi connectivity index (χ3n) is 0.349. The Labute approximate surface area is 106 Å². The molecule has 13 heavy (non-hydrogen) atoms. The molecule has 0 heterocycles. The molecular weight excluding hydrogens is 372 g/mol. The Kier molecular flexibility index (Phi) is 51.2. The third kappa shape index (κ3) is 70.6. The molecule has 90 valence electrons. The number of hydrogen-bond acceptors (Lipinski definition) is 4. The summed E-state index contributed by atoms with van der Waals surface area (Å²) < 4.78 is 0. The van der Waals surface area contributed by atoms with Gasteiger partial charge in [-0.1, -0.05) is 0 Å². The van der Waals surface area contributed by atoms with E-state index in [1.165, 1.54) is 0 Å². The van der Waals surface area contributed by atoms with Gasteiger partial charge in [0, 0.05) is 44.8 Å². The van der Waals surface area contributed by atoms with Crippen molar-refractivity contribution in [1.29, 1.82) is 0 Å². The minimum Gasteiger partial charge on any atom is -0.480 e. The Balaban J connectivity index is -0.0000000267. The molecule has 0 atom stereocenters. The number of hydrogen-bond donors (Lipinski definition) is 4. The molecule has 9 heteroatoms. The van der Waals surface area contributed by atoms with Gasteiger partial charge in [0.1, 0.15) is 0 Å². The fraction of sp³-hybridized carbons (Fsp3) is 0.500. The molecular formula is C4H12Ag2N2O5. The van der Waals surface area contributed by atoms with Crippen molar-refractivity contribution < 1.29 is 70.0 Å².